The second-order valence-electron chi connectivity index (χ2n) is 5.22. The van der Waals surface area contributed by atoms with Crippen molar-refractivity contribution in [3.05, 3.63) is 53.1 Å². The molecule has 0 amide bonds. The first-order chi connectivity index (χ1) is 12.5. The summed E-state index contributed by atoms with van der Waals surface area (Å²) in [6, 6.07) is 8.27. The van der Waals surface area contributed by atoms with Gasteiger partial charge in [0.15, 0.2) is 0 Å². The highest BCUT2D eigenvalue weighted by atomic mass is 35.5. The number of halogens is 1. The molecule has 0 fully saturated rings. The van der Waals surface area contributed by atoms with Gasteiger partial charge in [0.25, 0.3) is 5.19 Å². The van der Waals surface area contributed by atoms with Crippen LogP contribution in [0, 0.1) is 0 Å². The summed E-state index contributed by atoms with van der Waals surface area (Å²) in [5, 5.41) is 11.7. The van der Waals surface area contributed by atoms with E-state index in [9.17, 15) is 0 Å². The van der Waals surface area contributed by atoms with Gasteiger partial charge >= 0.3 is 0 Å². The number of aromatic hydroxyl groups is 1. The van der Waals surface area contributed by atoms with E-state index in [1.54, 1.807) is 37.7 Å². The normalized spacial score (nSPS) is 10.0. The Labute approximate surface area is 161 Å². The van der Waals surface area contributed by atoms with Gasteiger partial charge in [0.1, 0.15) is 17.2 Å². The van der Waals surface area contributed by atoms with Crippen molar-refractivity contribution in [1.29, 1.82) is 0 Å². The van der Waals surface area contributed by atoms with Gasteiger partial charge in [-0.1, -0.05) is 22.9 Å². The summed E-state index contributed by atoms with van der Waals surface area (Å²) < 4.78 is 15.7. The maximum atomic E-state index is 8.95. The fourth-order valence-electron chi connectivity index (χ4n) is 1.71. The third-order valence-corrected chi connectivity index (χ3v) is 3.79. The highest BCUT2D eigenvalue weighted by Gasteiger charge is 2.02. The third kappa shape index (κ3) is 6.42. The number of methoxy groups -OCH3 is 1. The average molecular weight is 395 g/mol. The molecule has 0 saturated heterocycles. The van der Waals surface area contributed by atoms with Crippen LogP contribution in [-0.4, -0.2) is 28.3 Å². The summed E-state index contributed by atoms with van der Waals surface area (Å²) in [4.78, 5) is 8.15. The van der Waals surface area contributed by atoms with Gasteiger partial charge in [0.2, 0.25) is 5.88 Å². The lowest BCUT2D eigenvalue weighted by molar-refractivity contribution is 0.232. The van der Waals surface area contributed by atoms with Crippen LogP contribution in [0.5, 0.6) is 28.3 Å². The first kappa shape index (κ1) is 19.8. The molecule has 8 heteroatoms. The summed E-state index contributed by atoms with van der Waals surface area (Å²) >= 11 is 7.00. The molecule has 0 aliphatic rings. The van der Waals surface area contributed by atoms with E-state index in [2.05, 4.69) is 9.97 Å². The number of rotatable bonds is 5. The van der Waals surface area contributed by atoms with Crippen LogP contribution in [0.3, 0.4) is 0 Å². The summed E-state index contributed by atoms with van der Waals surface area (Å²) in [6.45, 7) is 3.92. The SMILES string of the molecule is CC(C)Oc1ccc(Oc2nccs2)cn1.COc1ccc(O)c(Cl)c1. The molecule has 2 aromatic heterocycles. The molecule has 1 aromatic carbocycles. The summed E-state index contributed by atoms with van der Waals surface area (Å²) in [5.41, 5.74) is 0. The lowest BCUT2D eigenvalue weighted by Crippen LogP contribution is -2.06. The van der Waals surface area contributed by atoms with Crippen LogP contribution in [-0.2, 0) is 0 Å². The standard InChI is InChI=1S/C11H12N2O2S.C7H7ClO2/c1-8(2)14-10-4-3-9(7-13-10)15-11-12-5-6-16-11;1-10-5-2-3-7(9)6(8)4-5/h3-8H,1-2H3;2-4,9H,1H3. The molecular weight excluding hydrogens is 376 g/mol. The molecule has 0 spiro atoms. The number of nitrogens with zero attached hydrogens (tertiary/aromatic N) is 2. The second-order valence-corrected chi connectivity index (χ2v) is 6.48. The van der Waals surface area contributed by atoms with Crippen LogP contribution in [0.15, 0.2) is 48.1 Å². The van der Waals surface area contributed by atoms with Crippen molar-refractivity contribution in [2.75, 3.05) is 7.11 Å². The summed E-state index contributed by atoms with van der Waals surface area (Å²) in [6.07, 6.45) is 3.45. The van der Waals surface area contributed by atoms with Crippen LogP contribution in [0.25, 0.3) is 0 Å². The van der Waals surface area contributed by atoms with Gasteiger partial charge in [0.05, 0.1) is 24.4 Å². The highest BCUT2D eigenvalue weighted by Crippen LogP contribution is 2.27. The second kappa shape index (κ2) is 9.84. The van der Waals surface area contributed by atoms with E-state index in [4.69, 9.17) is 30.9 Å². The lowest BCUT2D eigenvalue weighted by Gasteiger charge is -2.08. The van der Waals surface area contributed by atoms with Crippen molar-refractivity contribution >= 4 is 22.9 Å². The Hall–Kier alpha value is -2.51. The molecule has 1 N–H and O–H groups in total. The lowest BCUT2D eigenvalue weighted by atomic mass is 10.3. The molecule has 26 heavy (non-hydrogen) atoms. The monoisotopic (exact) mass is 394 g/mol. The predicted molar refractivity (Wildman–Crippen MR) is 102 cm³/mol. The minimum absolute atomic E-state index is 0.0717. The molecule has 0 unspecified atom stereocenters. The molecular formula is C18H19ClN2O4S. The van der Waals surface area contributed by atoms with Crippen molar-refractivity contribution in [2.24, 2.45) is 0 Å². The number of pyridine rings is 1. The van der Waals surface area contributed by atoms with Gasteiger partial charge in [-0.2, -0.15) is 0 Å². The van der Waals surface area contributed by atoms with Crippen molar-refractivity contribution in [3.63, 3.8) is 0 Å². The molecule has 3 aromatic rings. The van der Waals surface area contributed by atoms with Crippen molar-refractivity contribution in [3.8, 4) is 28.3 Å². The molecule has 0 aliphatic heterocycles. The van der Waals surface area contributed by atoms with Gasteiger partial charge in [-0.25, -0.2) is 9.97 Å². The Bertz CT molecular complexity index is 795. The van der Waals surface area contributed by atoms with E-state index in [0.717, 1.165) is 0 Å². The fraction of sp³-hybridized carbons (Fsp3) is 0.222. The number of aromatic nitrogens is 2. The van der Waals surface area contributed by atoms with E-state index in [1.807, 2.05) is 25.3 Å². The first-order valence-electron chi connectivity index (χ1n) is 7.70. The molecule has 0 radical (unpaired) electrons. The average Bonchev–Trinajstić information content (AvgIpc) is 3.12. The number of hydrogen-bond donors (Lipinski definition) is 1. The van der Waals surface area contributed by atoms with Crippen LogP contribution >= 0.6 is 22.9 Å². The van der Waals surface area contributed by atoms with Crippen molar-refractivity contribution in [2.45, 2.75) is 20.0 Å². The van der Waals surface area contributed by atoms with Gasteiger partial charge in [-0.3, -0.25) is 0 Å². The zero-order valence-electron chi connectivity index (χ0n) is 14.5. The maximum absolute atomic E-state index is 8.95. The molecule has 0 saturated carbocycles. The zero-order valence-corrected chi connectivity index (χ0v) is 16.1. The topological polar surface area (TPSA) is 73.7 Å². The van der Waals surface area contributed by atoms with E-state index < -0.39 is 0 Å². The summed E-state index contributed by atoms with van der Waals surface area (Å²) in [5.74, 6) is 1.97. The fourth-order valence-corrected chi connectivity index (χ4v) is 2.39. The predicted octanol–water partition coefficient (Wildman–Crippen LogP) is 5.17. The number of phenols is 1. The molecule has 138 valence electrons. The van der Waals surface area contributed by atoms with Crippen LogP contribution in [0.2, 0.25) is 5.02 Å². The number of phenolic OH excluding ortho intramolecular Hbond substituents is 1. The van der Waals surface area contributed by atoms with Gasteiger partial charge in [-0.15, -0.1) is 0 Å². The molecule has 6 nitrogen and oxygen atoms in total. The Kier molecular flexibility index (Phi) is 7.50. The molecule has 3 rings (SSSR count). The van der Waals surface area contributed by atoms with Crippen LogP contribution in [0.1, 0.15) is 13.8 Å². The highest BCUT2D eigenvalue weighted by molar-refractivity contribution is 7.11. The van der Waals surface area contributed by atoms with Crippen LogP contribution in [0.4, 0.5) is 0 Å². The third-order valence-electron chi connectivity index (χ3n) is 2.84. The Balaban J connectivity index is 0.000000209. The van der Waals surface area contributed by atoms with E-state index in [-0.39, 0.29) is 11.9 Å². The molecule has 0 aliphatic carbocycles. The quantitative estimate of drug-likeness (QED) is 0.643. The Morgan fingerprint density at radius 1 is 1.12 bits per heavy atom. The number of ether oxygens (including phenoxy) is 3. The van der Waals surface area contributed by atoms with Crippen LogP contribution < -0.4 is 14.2 Å². The van der Waals surface area contributed by atoms with E-state index >= 15 is 0 Å². The molecule has 0 bridgehead atoms. The van der Waals surface area contributed by atoms with Gasteiger partial charge < -0.3 is 19.3 Å². The van der Waals surface area contributed by atoms with E-state index in [0.29, 0.717) is 27.6 Å². The Morgan fingerprint density at radius 2 is 1.88 bits per heavy atom. The Morgan fingerprint density at radius 3 is 2.42 bits per heavy atom. The molecule has 0 atom stereocenters. The van der Waals surface area contributed by atoms with Crippen molar-refractivity contribution in [1.82, 2.24) is 9.97 Å². The largest absolute Gasteiger partial charge is 0.506 e. The summed E-state index contributed by atoms with van der Waals surface area (Å²) in [7, 11) is 1.54. The number of benzene rings is 1. The number of thiazole rings is 1. The number of hydrogen-bond acceptors (Lipinski definition) is 7. The van der Waals surface area contributed by atoms with Gasteiger partial charge in [0, 0.05) is 23.7 Å². The van der Waals surface area contributed by atoms with Crippen molar-refractivity contribution < 1.29 is 19.3 Å². The minimum Gasteiger partial charge on any atom is -0.506 e. The minimum atomic E-state index is 0.0717. The van der Waals surface area contributed by atoms with E-state index in [1.165, 1.54) is 17.4 Å². The first-order valence-corrected chi connectivity index (χ1v) is 8.96. The smallest absolute Gasteiger partial charge is 0.278 e. The van der Waals surface area contributed by atoms with Gasteiger partial charge in [-0.05, 0) is 32.0 Å². The zero-order chi connectivity index (χ0) is 18.9. The maximum Gasteiger partial charge on any atom is 0.278 e. The molecule has 2 heterocycles.